The third-order valence-electron chi connectivity index (χ3n) is 2.50. The molecule has 1 aliphatic rings. The van der Waals surface area contributed by atoms with Crippen molar-refractivity contribution in [3.8, 4) is 6.07 Å². The highest BCUT2D eigenvalue weighted by molar-refractivity contribution is 7.14. The van der Waals surface area contributed by atoms with Crippen LogP contribution in [-0.4, -0.2) is 5.91 Å². The maximum atomic E-state index is 11.5. The molecule has 1 heterocycles. The second kappa shape index (κ2) is 3.81. The molecule has 4 heteroatoms. The van der Waals surface area contributed by atoms with Gasteiger partial charge in [0, 0.05) is 5.92 Å². The highest BCUT2D eigenvalue weighted by atomic mass is 32.1. The van der Waals surface area contributed by atoms with Crippen LogP contribution in [0.25, 0.3) is 0 Å². The number of amides is 1. The maximum absolute atomic E-state index is 11.5. The van der Waals surface area contributed by atoms with E-state index in [1.807, 2.05) is 5.38 Å². The van der Waals surface area contributed by atoms with E-state index < -0.39 is 0 Å². The van der Waals surface area contributed by atoms with E-state index in [1.54, 1.807) is 6.07 Å². The number of hydrogen-bond donors (Lipinski definition) is 1. The van der Waals surface area contributed by atoms with Gasteiger partial charge in [-0.3, -0.25) is 4.79 Å². The Balaban J connectivity index is 2.03. The Morgan fingerprint density at radius 1 is 1.64 bits per heavy atom. The molecule has 14 heavy (non-hydrogen) atoms. The van der Waals surface area contributed by atoms with Crippen LogP contribution in [-0.2, 0) is 4.79 Å². The number of nitriles is 1. The lowest BCUT2D eigenvalue weighted by molar-refractivity contribution is -0.122. The lowest BCUT2D eigenvalue weighted by atomic mass is 9.85. The molecule has 0 radical (unpaired) electrons. The number of rotatable bonds is 2. The van der Waals surface area contributed by atoms with Crippen LogP contribution in [0.3, 0.4) is 0 Å². The van der Waals surface area contributed by atoms with Gasteiger partial charge in [0.1, 0.15) is 11.1 Å². The molecule has 0 saturated heterocycles. The fourth-order valence-corrected chi connectivity index (χ4v) is 2.12. The van der Waals surface area contributed by atoms with Crippen LogP contribution in [0.2, 0.25) is 0 Å². The number of thiophene rings is 1. The molecule has 1 N–H and O–H groups in total. The van der Waals surface area contributed by atoms with Crippen LogP contribution in [0.4, 0.5) is 5.00 Å². The molecule has 1 fully saturated rings. The normalized spacial score (nSPS) is 15.6. The number of carbonyl (C=O) groups excluding carboxylic acids is 1. The van der Waals surface area contributed by atoms with Crippen molar-refractivity contribution in [2.45, 2.75) is 19.3 Å². The quantitative estimate of drug-likeness (QED) is 0.807. The van der Waals surface area contributed by atoms with E-state index in [2.05, 4.69) is 11.4 Å². The van der Waals surface area contributed by atoms with Crippen LogP contribution in [0.5, 0.6) is 0 Å². The Bertz CT molecular complexity index is 387. The predicted molar refractivity (Wildman–Crippen MR) is 55.0 cm³/mol. The fraction of sp³-hybridized carbons (Fsp3) is 0.400. The van der Waals surface area contributed by atoms with Gasteiger partial charge in [0.15, 0.2) is 0 Å². The first-order valence-corrected chi connectivity index (χ1v) is 5.47. The largest absolute Gasteiger partial charge is 0.316 e. The number of carbonyl (C=O) groups is 1. The molecule has 0 bridgehead atoms. The van der Waals surface area contributed by atoms with Crippen LogP contribution >= 0.6 is 11.3 Å². The summed E-state index contributed by atoms with van der Waals surface area (Å²) >= 11 is 1.40. The maximum Gasteiger partial charge on any atom is 0.228 e. The molecule has 72 valence electrons. The molecular formula is C10H10N2OS. The first kappa shape index (κ1) is 9.22. The van der Waals surface area contributed by atoms with Gasteiger partial charge in [0.25, 0.3) is 0 Å². The van der Waals surface area contributed by atoms with Crippen molar-refractivity contribution < 1.29 is 4.79 Å². The van der Waals surface area contributed by atoms with Crippen molar-refractivity contribution in [1.29, 1.82) is 5.26 Å². The van der Waals surface area contributed by atoms with E-state index in [1.165, 1.54) is 11.3 Å². The third kappa shape index (κ3) is 1.64. The SMILES string of the molecule is N#Cc1ccsc1NC(=O)C1CCC1. The molecule has 0 aliphatic heterocycles. The van der Waals surface area contributed by atoms with E-state index in [-0.39, 0.29) is 11.8 Å². The average Bonchev–Trinajstić information content (AvgIpc) is 2.48. The summed E-state index contributed by atoms with van der Waals surface area (Å²) in [4.78, 5) is 11.5. The van der Waals surface area contributed by atoms with Crippen molar-refractivity contribution in [2.75, 3.05) is 5.32 Å². The summed E-state index contributed by atoms with van der Waals surface area (Å²) < 4.78 is 0. The van der Waals surface area contributed by atoms with Crippen molar-refractivity contribution in [2.24, 2.45) is 5.92 Å². The van der Waals surface area contributed by atoms with Crippen LogP contribution < -0.4 is 5.32 Å². The molecule has 3 nitrogen and oxygen atoms in total. The first-order chi connectivity index (χ1) is 6.81. The Morgan fingerprint density at radius 2 is 2.43 bits per heavy atom. The molecule has 1 amide bonds. The van der Waals surface area contributed by atoms with Gasteiger partial charge in [-0.25, -0.2) is 0 Å². The molecule has 1 aromatic rings. The molecule has 0 atom stereocenters. The smallest absolute Gasteiger partial charge is 0.228 e. The third-order valence-corrected chi connectivity index (χ3v) is 3.33. The fourth-order valence-electron chi connectivity index (χ4n) is 1.38. The Morgan fingerprint density at radius 3 is 3.00 bits per heavy atom. The van der Waals surface area contributed by atoms with Crippen LogP contribution in [0, 0.1) is 17.2 Å². The summed E-state index contributed by atoms with van der Waals surface area (Å²) in [6.45, 7) is 0. The predicted octanol–water partition coefficient (Wildman–Crippen LogP) is 2.36. The minimum atomic E-state index is 0.0650. The summed E-state index contributed by atoms with van der Waals surface area (Å²) in [5.41, 5.74) is 0.558. The highest BCUT2D eigenvalue weighted by Gasteiger charge is 2.25. The molecule has 1 aliphatic carbocycles. The average molecular weight is 206 g/mol. The summed E-state index contributed by atoms with van der Waals surface area (Å²) in [5, 5.41) is 14.0. The van der Waals surface area contributed by atoms with Crippen molar-refractivity contribution in [1.82, 2.24) is 0 Å². The standard InChI is InChI=1S/C10H10N2OS/c11-6-8-4-5-14-10(8)12-9(13)7-2-1-3-7/h4-5,7H,1-3H2,(H,12,13). The van der Waals surface area contributed by atoms with E-state index in [0.717, 1.165) is 19.3 Å². The summed E-state index contributed by atoms with van der Waals surface area (Å²) in [6.07, 6.45) is 3.12. The molecule has 0 spiro atoms. The second-order valence-electron chi connectivity index (χ2n) is 3.39. The van der Waals surface area contributed by atoms with Crippen molar-refractivity contribution in [3.63, 3.8) is 0 Å². The number of hydrogen-bond acceptors (Lipinski definition) is 3. The van der Waals surface area contributed by atoms with Gasteiger partial charge in [-0.2, -0.15) is 5.26 Å². The van der Waals surface area contributed by atoms with Gasteiger partial charge < -0.3 is 5.32 Å². The van der Waals surface area contributed by atoms with E-state index in [9.17, 15) is 4.79 Å². The number of anilines is 1. The molecule has 1 saturated carbocycles. The summed E-state index contributed by atoms with van der Waals surface area (Å²) in [6, 6.07) is 3.77. The second-order valence-corrected chi connectivity index (χ2v) is 4.31. The van der Waals surface area contributed by atoms with Crippen LogP contribution in [0.1, 0.15) is 24.8 Å². The summed E-state index contributed by atoms with van der Waals surface area (Å²) in [7, 11) is 0. The topological polar surface area (TPSA) is 52.9 Å². The minimum Gasteiger partial charge on any atom is -0.316 e. The van der Waals surface area contributed by atoms with Gasteiger partial charge in [0.2, 0.25) is 5.91 Å². The zero-order valence-corrected chi connectivity index (χ0v) is 8.43. The van der Waals surface area contributed by atoms with Gasteiger partial charge in [-0.1, -0.05) is 6.42 Å². The van der Waals surface area contributed by atoms with E-state index >= 15 is 0 Å². The molecule has 1 aromatic heterocycles. The van der Waals surface area contributed by atoms with Gasteiger partial charge in [-0.15, -0.1) is 11.3 Å². The van der Waals surface area contributed by atoms with E-state index in [4.69, 9.17) is 5.26 Å². The molecule has 0 unspecified atom stereocenters. The van der Waals surface area contributed by atoms with Crippen molar-refractivity contribution >= 4 is 22.2 Å². The van der Waals surface area contributed by atoms with Crippen LogP contribution in [0.15, 0.2) is 11.4 Å². The zero-order valence-electron chi connectivity index (χ0n) is 7.62. The van der Waals surface area contributed by atoms with E-state index in [0.29, 0.717) is 10.6 Å². The highest BCUT2D eigenvalue weighted by Crippen LogP contribution is 2.29. The lowest BCUT2D eigenvalue weighted by Gasteiger charge is -2.23. The molecule has 0 aromatic carbocycles. The Kier molecular flexibility index (Phi) is 2.51. The minimum absolute atomic E-state index is 0.0650. The monoisotopic (exact) mass is 206 g/mol. The number of nitrogens with zero attached hydrogens (tertiary/aromatic N) is 1. The Hall–Kier alpha value is -1.34. The molecular weight excluding hydrogens is 196 g/mol. The van der Waals surface area contributed by atoms with Gasteiger partial charge in [0.05, 0.1) is 5.56 Å². The molecule has 2 rings (SSSR count). The lowest BCUT2D eigenvalue weighted by Crippen LogP contribution is -2.27. The Labute approximate surface area is 86.4 Å². The van der Waals surface area contributed by atoms with Gasteiger partial charge in [-0.05, 0) is 24.3 Å². The summed E-state index contributed by atoms with van der Waals surface area (Å²) in [5.74, 6) is 0.235. The van der Waals surface area contributed by atoms with Gasteiger partial charge >= 0.3 is 0 Å². The zero-order chi connectivity index (χ0) is 9.97. The number of nitrogens with one attached hydrogen (secondary N) is 1. The first-order valence-electron chi connectivity index (χ1n) is 4.59. The van der Waals surface area contributed by atoms with Crippen molar-refractivity contribution in [3.05, 3.63) is 17.0 Å².